The molecule has 0 bridgehead atoms. The molecule has 1 heterocycles. The molecule has 0 radical (unpaired) electrons. The predicted octanol–water partition coefficient (Wildman–Crippen LogP) is 3.59. The first-order chi connectivity index (χ1) is 14.6. The third-order valence-electron chi connectivity index (χ3n) is 4.94. The molecule has 0 saturated carbocycles. The molecule has 0 aliphatic rings. The van der Waals surface area contributed by atoms with Crippen molar-refractivity contribution >= 4 is 33.6 Å². The number of methoxy groups -OCH3 is 1. The lowest BCUT2D eigenvalue weighted by Crippen LogP contribution is -2.21. The van der Waals surface area contributed by atoms with Gasteiger partial charge in [-0.1, -0.05) is 36.4 Å². The van der Waals surface area contributed by atoms with Crippen molar-refractivity contribution in [2.24, 2.45) is 0 Å². The maximum atomic E-state index is 12.8. The number of ketones is 1. The molecule has 4 aromatic rings. The number of benzene rings is 3. The lowest BCUT2D eigenvalue weighted by molar-refractivity contribution is -0.143. The lowest BCUT2D eigenvalue weighted by atomic mass is 10.1. The fraction of sp³-hybridized carbons (Fsp3) is 0.125. The van der Waals surface area contributed by atoms with Crippen LogP contribution in [0.3, 0.4) is 0 Å². The van der Waals surface area contributed by atoms with E-state index in [2.05, 4.69) is 0 Å². The van der Waals surface area contributed by atoms with Gasteiger partial charge < -0.3 is 14.0 Å². The summed E-state index contributed by atoms with van der Waals surface area (Å²) in [4.78, 5) is 37.8. The number of aromatic nitrogens is 1. The van der Waals surface area contributed by atoms with Gasteiger partial charge in [0, 0.05) is 10.8 Å². The van der Waals surface area contributed by atoms with Crippen molar-refractivity contribution in [3.8, 4) is 5.75 Å². The van der Waals surface area contributed by atoms with E-state index in [1.54, 1.807) is 65.2 Å². The van der Waals surface area contributed by atoms with Gasteiger partial charge in [-0.25, -0.2) is 0 Å². The van der Waals surface area contributed by atoms with Crippen LogP contribution in [-0.4, -0.2) is 30.0 Å². The predicted molar refractivity (Wildman–Crippen MR) is 114 cm³/mol. The van der Waals surface area contributed by atoms with Gasteiger partial charge in [-0.2, -0.15) is 0 Å². The van der Waals surface area contributed by atoms with Crippen molar-refractivity contribution in [1.29, 1.82) is 0 Å². The summed E-state index contributed by atoms with van der Waals surface area (Å²) in [6.07, 6.45) is 0. The number of para-hydroxylation sites is 3. The van der Waals surface area contributed by atoms with Crippen LogP contribution in [0.15, 0.2) is 77.6 Å². The number of Topliss-reactive ketones (excluding diaryl/α,β-unsaturated/α-hetero) is 1. The highest BCUT2D eigenvalue weighted by Crippen LogP contribution is 2.20. The molecular formula is C24H19NO5. The average molecular weight is 401 g/mol. The van der Waals surface area contributed by atoms with Crippen LogP contribution < -0.4 is 10.2 Å². The normalized spacial score (nSPS) is 10.8. The Kier molecular flexibility index (Phi) is 5.30. The van der Waals surface area contributed by atoms with E-state index in [-0.39, 0.29) is 17.8 Å². The van der Waals surface area contributed by atoms with Gasteiger partial charge in [0.1, 0.15) is 12.3 Å². The molecule has 6 nitrogen and oxygen atoms in total. The second-order valence-corrected chi connectivity index (χ2v) is 6.73. The molecule has 0 unspecified atom stereocenters. The van der Waals surface area contributed by atoms with Crippen LogP contribution in [0.2, 0.25) is 0 Å². The fourth-order valence-corrected chi connectivity index (χ4v) is 3.52. The minimum absolute atomic E-state index is 0.0860. The first kappa shape index (κ1) is 19.4. The Labute approximate surface area is 172 Å². The SMILES string of the molecule is COc1ccccc1C(=O)COC(=O)Cn1c2ccccc2c(=O)c2ccccc21. The minimum Gasteiger partial charge on any atom is -0.496 e. The number of rotatable bonds is 6. The number of ether oxygens (including phenoxy) is 2. The van der Waals surface area contributed by atoms with Gasteiger partial charge in [0.05, 0.1) is 23.7 Å². The fourth-order valence-electron chi connectivity index (χ4n) is 3.52. The molecule has 0 aliphatic heterocycles. The van der Waals surface area contributed by atoms with E-state index in [0.29, 0.717) is 33.1 Å². The second kappa shape index (κ2) is 8.21. The molecule has 150 valence electrons. The zero-order valence-corrected chi connectivity index (χ0v) is 16.3. The highest BCUT2D eigenvalue weighted by molar-refractivity contribution is 6.00. The smallest absolute Gasteiger partial charge is 0.326 e. The Balaban J connectivity index is 1.61. The molecule has 0 amide bonds. The minimum atomic E-state index is -0.572. The van der Waals surface area contributed by atoms with E-state index in [9.17, 15) is 14.4 Å². The Morgan fingerprint density at radius 3 is 2.03 bits per heavy atom. The van der Waals surface area contributed by atoms with Gasteiger partial charge in [0.15, 0.2) is 12.0 Å². The molecule has 6 heteroatoms. The van der Waals surface area contributed by atoms with Crippen LogP contribution in [0.25, 0.3) is 21.8 Å². The first-order valence-corrected chi connectivity index (χ1v) is 9.42. The van der Waals surface area contributed by atoms with Gasteiger partial charge in [-0.15, -0.1) is 0 Å². The highest BCUT2D eigenvalue weighted by Gasteiger charge is 2.16. The van der Waals surface area contributed by atoms with Crippen LogP contribution in [-0.2, 0) is 16.1 Å². The van der Waals surface area contributed by atoms with E-state index >= 15 is 0 Å². The summed E-state index contributed by atoms with van der Waals surface area (Å²) in [6.45, 7) is -0.518. The number of carbonyl (C=O) groups is 2. The maximum Gasteiger partial charge on any atom is 0.326 e. The standard InChI is InChI=1S/C24H19NO5/c1-29-22-13-7-4-10-18(22)21(26)15-30-23(27)14-25-19-11-5-2-8-16(19)24(28)17-9-3-6-12-20(17)25/h2-13H,14-15H2,1H3. The molecule has 3 aromatic carbocycles. The summed E-state index contributed by atoms with van der Waals surface area (Å²) in [5.74, 6) is -0.497. The second-order valence-electron chi connectivity index (χ2n) is 6.73. The van der Waals surface area contributed by atoms with Gasteiger partial charge in [0.2, 0.25) is 5.78 Å². The molecular weight excluding hydrogens is 382 g/mol. The molecule has 4 rings (SSSR count). The quantitative estimate of drug-likeness (QED) is 0.280. The molecule has 0 saturated heterocycles. The van der Waals surface area contributed by atoms with Gasteiger partial charge in [-0.05, 0) is 36.4 Å². The molecule has 1 aromatic heterocycles. The summed E-state index contributed by atoms with van der Waals surface area (Å²) in [7, 11) is 1.48. The number of carbonyl (C=O) groups excluding carboxylic acids is 2. The monoisotopic (exact) mass is 401 g/mol. The number of hydrogen-bond acceptors (Lipinski definition) is 5. The summed E-state index contributed by atoms with van der Waals surface area (Å²) in [6, 6.07) is 21.0. The van der Waals surface area contributed by atoms with E-state index in [1.165, 1.54) is 7.11 Å². The number of hydrogen-bond donors (Lipinski definition) is 0. The Morgan fingerprint density at radius 2 is 1.40 bits per heavy atom. The topological polar surface area (TPSA) is 74.6 Å². The Hall–Kier alpha value is -3.93. The first-order valence-electron chi connectivity index (χ1n) is 9.42. The van der Waals surface area contributed by atoms with E-state index in [4.69, 9.17) is 9.47 Å². The molecule has 0 fully saturated rings. The van der Waals surface area contributed by atoms with E-state index in [0.717, 1.165) is 0 Å². The third kappa shape index (κ3) is 3.55. The molecule has 0 atom stereocenters. The van der Waals surface area contributed by atoms with Crippen molar-refractivity contribution < 1.29 is 19.1 Å². The number of nitrogens with zero attached hydrogens (tertiary/aromatic N) is 1. The van der Waals surface area contributed by atoms with E-state index in [1.807, 2.05) is 12.1 Å². The zero-order chi connectivity index (χ0) is 21.1. The van der Waals surface area contributed by atoms with Crippen molar-refractivity contribution in [3.05, 3.63) is 88.6 Å². The Bertz CT molecular complexity index is 1260. The van der Waals surface area contributed by atoms with Gasteiger partial charge in [-0.3, -0.25) is 14.4 Å². The van der Waals surface area contributed by atoms with Crippen molar-refractivity contribution in [1.82, 2.24) is 4.57 Å². The molecule has 0 aliphatic carbocycles. The summed E-state index contributed by atoms with van der Waals surface area (Å²) in [5, 5.41) is 1.04. The lowest BCUT2D eigenvalue weighted by Gasteiger charge is -2.14. The highest BCUT2D eigenvalue weighted by atomic mass is 16.5. The number of pyridine rings is 1. The zero-order valence-electron chi connectivity index (χ0n) is 16.3. The maximum absolute atomic E-state index is 12.8. The summed E-state index contributed by atoms with van der Waals surface area (Å²) >= 11 is 0. The van der Waals surface area contributed by atoms with Gasteiger partial charge in [0.25, 0.3) is 0 Å². The van der Waals surface area contributed by atoms with Crippen molar-refractivity contribution in [2.75, 3.05) is 13.7 Å². The van der Waals surface area contributed by atoms with Crippen LogP contribution in [0.1, 0.15) is 10.4 Å². The summed E-state index contributed by atoms with van der Waals surface area (Å²) < 4.78 is 12.2. The Morgan fingerprint density at radius 1 is 0.833 bits per heavy atom. The third-order valence-corrected chi connectivity index (χ3v) is 4.94. The number of fused-ring (bicyclic) bond motifs is 2. The average Bonchev–Trinajstić information content (AvgIpc) is 2.80. The number of esters is 1. The summed E-state index contributed by atoms with van der Waals surface area (Å²) in [5.41, 5.74) is 1.53. The van der Waals surface area contributed by atoms with Crippen molar-refractivity contribution in [3.63, 3.8) is 0 Å². The van der Waals surface area contributed by atoms with Crippen LogP contribution in [0.5, 0.6) is 5.75 Å². The molecule has 0 N–H and O–H groups in total. The van der Waals surface area contributed by atoms with Crippen LogP contribution >= 0.6 is 0 Å². The van der Waals surface area contributed by atoms with Gasteiger partial charge >= 0.3 is 5.97 Å². The van der Waals surface area contributed by atoms with Crippen LogP contribution in [0.4, 0.5) is 0 Å². The molecule has 30 heavy (non-hydrogen) atoms. The molecule has 0 spiro atoms. The van der Waals surface area contributed by atoms with Crippen molar-refractivity contribution in [2.45, 2.75) is 6.54 Å². The van der Waals surface area contributed by atoms with E-state index < -0.39 is 12.6 Å². The largest absolute Gasteiger partial charge is 0.496 e. The van der Waals surface area contributed by atoms with Crippen LogP contribution in [0, 0.1) is 0 Å².